The van der Waals surface area contributed by atoms with Gasteiger partial charge in [-0.05, 0) is 39.9 Å². The molecular formula is C27H23Cl2NO5. The lowest BCUT2D eigenvalue weighted by molar-refractivity contribution is -0.141. The predicted octanol–water partition coefficient (Wildman–Crippen LogP) is 5.99. The van der Waals surface area contributed by atoms with E-state index in [9.17, 15) is 14.7 Å². The molecule has 1 heterocycles. The molecule has 3 aromatic rings. The van der Waals surface area contributed by atoms with Crippen molar-refractivity contribution in [2.75, 3.05) is 13.2 Å². The Kier molecular flexibility index (Phi) is 6.69. The fourth-order valence-corrected chi connectivity index (χ4v) is 5.34. The predicted molar refractivity (Wildman–Crippen MR) is 133 cm³/mol. The summed E-state index contributed by atoms with van der Waals surface area (Å²) in [5.74, 6) is -1.19. The Bertz CT molecular complexity index is 1230. The highest BCUT2D eigenvalue weighted by molar-refractivity contribution is 6.35. The molecule has 0 radical (unpaired) electrons. The van der Waals surface area contributed by atoms with Gasteiger partial charge in [-0.25, -0.2) is 9.59 Å². The number of halogens is 2. The van der Waals surface area contributed by atoms with Gasteiger partial charge in [-0.2, -0.15) is 0 Å². The van der Waals surface area contributed by atoms with Gasteiger partial charge in [0.25, 0.3) is 0 Å². The highest BCUT2D eigenvalue weighted by atomic mass is 35.5. The monoisotopic (exact) mass is 511 g/mol. The number of rotatable bonds is 6. The third-order valence-electron chi connectivity index (χ3n) is 6.61. The molecule has 35 heavy (non-hydrogen) atoms. The molecule has 2 aliphatic rings. The van der Waals surface area contributed by atoms with E-state index in [2.05, 4.69) is 12.1 Å². The van der Waals surface area contributed by atoms with Crippen molar-refractivity contribution in [2.24, 2.45) is 0 Å². The number of likely N-dealkylation sites (tertiary alicyclic amines) is 1. The smallest absolute Gasteiger partial charge is 0.410 e. The minimum Gasteiger partial charge on any atom is -0.480 e. The van der Waals surface area contributed by atoms with E-state index in [0.29, 0.717) is 10.0 Å². The molecule has 0 unspecified atom stereocenters. The van der Waals surface area contributed by atoms with E-state index in [1.807, 2.05) is 36.4 Å². The first kappa shape index (κ1) is 23.7. The number of carboxylic acids is 1. The fraction of sp³-hybridized carbons (Fsp3) is 0.259. The van der Waals surface area contributed by atoms with Crippen molar-refractivity contribution < 1.29 is 24.2 Å². The molecule has 180 valence electrons. The van der Waals surface area contributed by atoms with Crippen molar-refractivity contribution in [3.8, 4) is 11.1 Å². The molecule has 1 aliphatic heterocycles. The molecule has 6 nitrogen and oxygen atoms in total. The summed E-state index contributed by atoms with van der Waals surface area (Å²) in [6.07, 6.45) is -0.941. The number of ether oxygens (including phenoxy) is 2. The first-order valence-corrected chi connectivity index (χ1v) is 12.1. The van der Waals surface area contributed by atoms with Gasteiger partial charge in [-0.15, -0.1) is 0 Å². The van der Waals surface area contributed by atoms with Crippen LogP contribution in [0.3, 0.4) is 0 Å². The number of hydrogen-bond acceptors (Lipinski definition) is 4. The Morgan fingerprint density at radius 3 is 2.26 bits per heavy atom. The van der Waals surface area contributed by atoms with Crippen LogP contribution in [-0.4, -0.2) is 47.4 Å². The molecule has 8 heteroatoms. The third kappa shape index (κ3) is 4.74. The molecule has 1 aliphatic carbocycles. The zero-order chi connectivity index (χ0) is 24.5. The Morgan fingerprint density at radius 1 is 0.971 bits per heavy atom. The number of fused-ring (bicyclic) bond motifs is 3. The zero-order valence-corrected chi connectivity index (χ0v) is 20.2. The van der Waals surface area contributed by atoms with Gasteiger partial charge in [0, 0.05) is 22.4 Å². The largest absolute Gasteiger partial charge is 0.480 e. The summed E-state index contributed by atoms with van der Waals surface area (Å²) in [7, 11) is 0. The molecule has 3 aromatic carbocycles. The second-order valence-electron chi connectivity index (χ2n) is 8.71. The van der Waals surface area contributed by atoms with E-state index in [1.165, 1.54) is 4.90 Å². The number of nitrogens with zero attached hydrogens (tertiary/aromatic N) is 1. The lowest BCUT2D eigenvalue weighted by Crippen LogP contribution is -2.41. The molecule has 1 N–H and O–H groups in total. The van der Waals surface area contributed by atoms with Crippen molar-refractivity contribution in [1.29, 1.82) is 0 Å². The van der Waals surface area contributed by atoms with Crippen molar-refractivity contribution in [3.05, 3.63) is 93.5 Å². The second-order valence-corrected chi connectivity index (χ2v) is 9.56. The van der Waals surface area contributed by atoms with Crippen LogP contribution in [0, 0.1) is 0 Å². The van der Waals surface area contributed by atoms with Crippen LogP contribution < -0.4 is 0 Å². The van der Waals surface area contributed by atoms with Crippen LogP contribution in [0.1, 0.15) is 29.0 Å². The number of carbonyl (C=O) groups excluding carboxylic acids is 1. The van der Waals surface area contributed by atoms with Gasteiger partial charge in [-0.3, -0.25) is 4.90 Å². The molecule has 1 saturated heterocycles. The Labute approximate surface area is 213 Å². The number of hydrogen-bond donors (Lipinski definition) is 1. The third-order valence-corrected chi connectivity index (χ3v) is 7.19. The maximum absolute atomic E-state index is 13.0. The van der Waals surface area contributed by atoms with Crippen LogP contribution in [0.2, 0.25) is 10.0 Å². The highest BCUT2D eigenvalue weighted by Crippen LogP contribution is 2.44. The summed E-state index contributed by atoms with van der Waals surface area (Å²) in [6, 6.07) is 20.2. The van der Waals surface area contributed by atoms with E-state index in [0.717, 1.165) is 27.8 Å². The molecule has 1 fully saturated rings. The summed E-state index contributed by atoms with van der Waals surface area (Å²) in [5.41, 5.74) is 5.19. The molecule has 0 aromatic heterocycles. The average molecular weight is 512 g/mol. The highest BCUT2D eigenvalue weighted by Gasteiger charge is 2.41. The topological polar surface area (TPSA) is 76.1 Å². The van der Waals surface area contributed by atoms with Gasteiger partial charge in [0.15, 0.2) is 0 Å². The van der Waals surface area contributed by atoms with Crippen LogP contribution in [0.5, 0.6) is 0 Å². The first-order chi connectivity index (χ1) is 16.9. The van der Waals surface area contributed by atoms with E-state index < -0.39 is 24.2 Å². The molecule has 1 amide bonds. The van der Waals surface area contributed by atoms with Crippen molar-refractivity contribution in [3.63, 3.8) is 0 Å². The van der Waals surface area contributed by atoms with Crippen LogP contribution in [0.4, 0.5) is 4.79 Å². The summed E-state index contributed by atoms with van der Waals surface area (Å²) < 4.78 is 11.6. The Hall–Kier alpha value is -3.06. The van der Waals surface area contributed by atoms with E-state index in [4.69, 9.17) is 32.7 Å². The number of carboxylic acid groups (broad SMARTS) is 1. The lowest BCUT2D eigenvalue weighted by atomic mass is 9.98. The molecule has 0 spiro atoms. The average Bonchev–Trinajstić information content (AvgIpc) is 3.42. The zero-order valence-electron chi connectivity index (χ0n) is 18.7. The molecule has 0 bridgehead atoms. The normalized spacial score (nSPS) is 18.9. The molecule has 2 atom stereocenters. The molecule has 5 rings (SSSR count). The van der Waals surface area contributed by atoms with Gasteiger partial charge in [0.1, 0.15) is 12.6 Å². The maximum atomic E-state index is 13.0. The SMILES string of the molecule is O=C(O)[C@@H]1C[C@@H](OCc2ccc(Cl)cc2Cl)CN1C(=O)OCC1c2ccccc2-c2ccccc21. The maximum Gasteiger partial charge on any atom is 0.410 e. The van der Waals surface area contributed by atoms with Gasteiger partial charge >= 0.3 is 12.1 Å². The Balaban J connectivity index is 1.25. The fourth-order valence-electron chi connectivity index (χ4n) is 4.88. The van der Waals surface area contributed by atoms with Crippen molar-refractivity contribution in [1.82, 2.24) is 4.90 Å². The number of aliphatic carboxylic acids is 1. The minimum absolute atomic E-state index is 0.101. The van der Waals surface area contributed by atoms with E-state index in [-0.39, 0.29) is 32.1 Å². The summed E-state index contributed by atoms with van der Waals surface area (Å²) >= 11 is 12.1. The van der Waals surface area contributed by atoms with Gasteiger partial charge < -0.3 is 14.6 Å². The van der Waals surface area contributed by atoms with Gasteiger partial charge in [0.05, 0.1) is 19.3 Å². The van der Waals surface area contributed by atoms with E-state index >= 15 is 0 Å². The second kappa shape index (κ2) is 9.90. The number of amides is 1. The quantitative estimate of drug-likeness (QED) is 0.440. The van der Waals surface area contributed by atoms with Crippen molar-refractivity contribution in [2.45, 2.75) is 31.1 Å². The molecule has 0 saturated carbocycles. The number of benzene rings is 3. The molecular weight excluding hydrogens is 489 g/mol. The summed E-state index contributed by atoms with van der Waals surface area (Å²) in [5, 5.41) is 10.7. The van der Waals surface area contributed by atoms with Gasteiger partial charge in [0.2, 0.25) is 0 Å². The van der Waals surface area contributed by atoms with Crippen LogP contribution in [0.25, 0.3) is 11.1 Å². The summed E-state index contributed by atoms with van der Waals surface area (Å²) in [6.45, 7) is 0.437. The first-order valence-electron chi connectivity index (χ1n) is 11.3. The van der Waals surface area contributed by atoms with E-state index in [1.54, 1.807) is 18.2 Å². The number of carbonyl (C=O) groups is 2. The van der Waals surface area contributed by atoms with Gasteiger partial charge in [-0.1, -0.05) is 77.8 Å². The van der Waals surface area contributed by atoms with Crippen LogP contribution in [0.15, 0.2) is 66.7 Å². The lowest BCUT2D eigenvalue weighted by Gasteiger charge is -2.22. The summed E-state index contributed by atoms with van der Waals surface area (Å²) in [4.78, 5) is 26.1. The van der Waals surface area contributed by atoms with Crippen molar-refractivity contribution >= 4 is 35.3 Å². The Morgan fingerprint density at radius 2 is 1.63 bits per heavy atom. The standard InChI is InChI=1S/C27H23Cl2NO5/c28-17-10-9-16(24(29)11-17)14-34-18-12-25(26(31)32)30(13-18)27(33)35-15-23-21-7-3-1-5-19(21)20-6-2-4-8-22(20)23/h1-11,18,23,25H,12-15H2,(H,31,32)/t18-,25+/m1/s1. The van der Waals surface area contributed by atoms with Crippen LogP contribution >= 0.6 is 23.2 Å². The van der Waals surface area contributed by atoms with Crippen LogP contribution in [-0.2, 0) is 20.9 Å². The minimum atomic E-state index is -1.09.